The first-order valence-electron chi connectivity index (χ1n) is 10.7. The van der Waals surface area contributed by atoms with Crippen molar-refractivity contribution in [2.45, 2.75) is 24.3 Å². The molecule has 0 unspecified atom stereocenters. The topological polar surface area (TPSA) is 84.9 Å². The smallest absolute Gasteiger partial charge is 0.330 e. The van der Waals surface area contributed by atoms with Crippen LogP contribution >= 0.6 is 11.6 Å². The minimum absolute atomic E-state index is 0.0449. The van der Waals surface area contributed by atoms with Gasteiger partial charge in [0.05, 0.1) is 7.11 Å². The Morgan fingerprint density at radius 1 is 1.03 bits per heavy atom. The van der Waals surface area contributed by atoms with Gasteiger partial charge in [0.25, 0.3) is 5.91 Å². The summed E-state index contributed by atoms with van der Waals surface area (Å²) in [7, 11) is 1.34. The summed E-state index contributed by atoms with van der Waals surface area (Å²) in [6.07, 6.45) is 0.269. The maximum absolute atomic E-state index is 14.7. The molecule has 0 aliphatic heterocycles. The molecule has 0 bridgehead atoms. The van der Waals surface area contributed by atoms with E-state index in [2.05, 4.69) is 5.32 Å². The van der Waals surface area contributed by atoms with Crippen molar-refractivity contribution in [3.63, 3.8) is 0 Å². The highest BCUT2D eigenvalue weighted by Gasteiger charge is 2.45. The van der Waals surface area contributed by atoms with E-state index in [1.165, 1.54) is 43.5 Å². The number of aliphatic carboxylic acids is 1. The zero-order valence-electron chi connectivity index (χ0n) is 18.7. The van der Waals surface area contributed by atoms with E-state index < -0.39 is 29.9 Å². The van der Waals surface area contributed by atoms with Gasteiger partial charge in [-0.3, -0.25) is 4.79 Å². The van der Waals surface area contributed by atoms with Crippen LogP contribution in [0.3, 0.4) is 0 Å². The minimum Gasteiger partial charge on any atom is -0.493 e. The van der Waals surface area contributed by atoms with Gasteiger partial charge in [-0.05, 0) is 41.5 Å². The summed E-state index contributed by atoms with van der Waals surface area (Å²) < 4.78 is 39.9. The number of alkyl halides is 2. The zero-order chi connectivity index (χ0) is 25.2. The molecule has 3 aromatic carbocycles. The molecule has 0 spiro atoms. The Labute approximate surface area is 205 Å². The third kappa shape index (κ3) is 5.07. The van der Waals surface area contributed by atoms with Gasteiger partial charge in [-0.1, -0.05) is 48.0 Å². The lowest BCUT2D eigenvalue weighted by atomic mass is 9.95. The van der Waals surface area contributed by atoms with Gasteiger partial charge in [0.15, 0.2) is 18.1 Å². The number of hydrogen-bond donors (Lipinski definition) is 2. The number of ether oxygens (including phenoxy) is 2. The summed E-state index contributed by atoms with van der Waals surface area (Å²) in [5, 5.41) is 12.7. The largest absolute Gasteiger partial charge is 0.493 e. The molecule has 0 fully saturated rings. The third-order valence-corrected chi connectivity index (χ3v) is 6.18. The number of halogens is 3. The minimum atomic E-state index is -3.36. The van der Waals surface area contributed by atoms with E-state index in [1.807, 2.05) is 24.3 Å². The standard InChI is InChI=1S/C26H22ClF2NO5/c1-34-21-10-9-16(11-22(21)35-15-26(28,29)19-7-4-8-20(27)12-19)23(31)30-25(24(32)33)13-17-5-2-3-6-18(17)14-25/h2-12H,13-15H2,1H3,(H,30,31)(H,32,33). The first-order chi connectivity index (χ1) is 16.6. The van der Waals surface area contributed by atoms with Crippen LogP contribution in [0.25, 0.3) is 0 Å². The molecule has 0 atom stereocenters. The van der Waals surface area contributed by atoms with Crippen LogP contribution in [0.5, 0.6) is 11.5 Å². The highest BCUT2D eigenvalue weighted by atomic mass is 35.5. The molecule has 1 aliphatic rings. The number of carboxylic acids is 1. The molecule has 3 aromatic rings. The number of carbonyl (C=O) groups excluding carboxylic acids is 1. The average molecular weight is 502 g/mol. The van der Waals surface area contributed by atoms with Gasteiger partial charge in [0, 0.05) is 29.0 Å². The Bertz CT molecular complexity index is 1260. The maximum Gasteiger partial charge on any atom is 0.330 e. The molecule has 6 nitrogen and oxygen atoms in total. The highest BCUT2D eigenvalue weighted by Crippen LogP contribution is 2.35. The van der Waals surface area contributed by atoms with Crippen LogP contribution in [0.1, 0.15) is 27.0 Å². The SMILES string of the molecule is COc1ccc(C(=O)NC2(C(=O)O)Cc3ccccc3C2)cc1OCC(F)(F)c1cccc(Cl)c1. The van der Waals surface area contributed by atoms with E-state index in [-0.39, 0.29) is 40.5 Å². The Kier molecular flexibility index (Phi) is 6.67. The van der Waals surface area contributed by atoms with Crippen LogP contribution in [0, 0.1) is 0 Å². The lowest BCUT2D eigenvalue weighted by molar-refractivity contribution is -0.144. The van der Waals surface area contributed by atoms with Crippen LogP contribution in [-0.2, 0) is 23.6 Å². The van der Waals surface area contributed by atoms with Crippen molar-refractivity contribution in [1.82, 2.24) is 5.32 Å². The maximum atomic E-state index is 14.7. The van der Waals surface area contributed by atoms with E-state index in [4.69, 9.17) is 21.1 Å². The number of amides is 1. The van der Waals surface area contributed by atoms with Crippen molar-refractivity contribution < 1.29 is 33.0 Å². The molecule has 35 heavy (non-hydrogen) atoms. The molecule has 4 rings (SSSR count). The van der Waals surface area contributed by atoms with E-state index in [0.717, 1.165) is 17.2 Å². The van der Waals surface area contributed by atoms with Crippen molar-refractivity contribution in [1.29, 1.82) is 0 Å². The Morgan fingerprint density at radius 2 is 1.71 bits per heavy atom. The molecule has 2 N–H and O–H groups in total. The fourth-order valence-electron chi connectivity index (χ4n) is 4.10. The third-order valence-electron chi connectivity index (χ3n) is 5.95. The van der Waals surface area contributed by atoms with Gasteiger partial charge in [-0.15, -0.1) is 0 Å². The quantitative estimate of drug-likeness (QED) is 0.460. The molecule has 182 valence electrons. The Morgan fingerprint density at radius 3 is 2.31 bits per heavy atom. The second-order valence-corrected chi connectivity index (χ2v) is 8.77. The summed E-state index contributed by atoms with van der Waals surface area (Å²) in [5.74, 6) is -5.13. The second-order valence-electron chi connectivity index (χ2n) is 8.33. The monoisotopic (exact) mass is 501 g/mol. The summed E-state index contributed by atoms with van der Waals surface area (Å²) in [6.45, 7) is -1.02. The van der Waals surface area contributed by atoms with Crippen LogP contribution in [0.2, 0.25) is 5.02 Å². The van der Waals surface area contributed by atoms with Crippen molar-refractivity contribution >= 4 is 23.5 Å². The molecule has 0 aromatic heterocycles. The Balaban J connectivity index is 1.54. The number of hydrogen-bond acceptors (Lipinski definition) is 4. The van der Waals surface area contributed by atoms with Crippen molar-refractivity contribution in [3.05, 3.63) is 94.0 Å². The first-order valence-corrected chi connectivity index (χ1v) is 11.1. The van der Waals surface area contributed by atoms with E-state index in [1.54, 1.807) is 0 Å². The van der Waals surface area contributed by atoms with E-state index >= 15 is 0 Å². The predicted octanol–water partition coefficient (Wildman–Crippen LogP) is 4.87. The fourth-order valence-corrected chi connectivity index (χ4v) is 4.29. The second kappa shape index (κ2) is 9.54. The number of methoxy groups -OCH3 is 1. The summed E-state index contributed by atoms with van der Waals surface area (Å²) in [5.41, 5.74) is -0.0960. The number of carbonyl (C=O) groups is 2. The first kappa shape index (κ1) is 24.5. The summed E-state index contributed by atoms with van der Waals surface area (Å²) in [6, 6.07) is 16.6. The zero-order valence-corrected chi connectivity index (χ0v) is 19.4. The fraction of sp³-hybridized carbons (Fsp3) is 0.231. The van der Waals surface area contributed by atoms with Gasteiger partial charge in [0.2, 0.25) is 0 Å². The van der Waals surface area contributed by atoms with E-state index in [9.17, 15) is 23.5 Å². The molecule has 9 heteroatoms. The average Bonchev–Trinajstić information content (AvgIpc) is 3.22. The molecule has 1 amide bonds. The lowest BCUT2D eigenvalue weighted by Crippen LogP contribution is -2.55. The van der Waals surface area contributed by atoms with Crippen molar-refractivity contribution in [3.8, 4) is 11.5 Å². The highest BCUT2D eigenvalue weighted by molar-refractivity contribution is 6.30. The summed E-state index contributed by atoms with van der Waals surface area (Å²) in [4.78, 5) is 25.2. The van der Waals surface area contributed by atoms with Gasteiger partial charge >= 0.3 is 11.9 Å². The molecule has 0 radical (unpaired) electrons. The normalized spacial score (nSPS) is 14.2. The molecular weight excluding hydrogens is 480 g/mol. The number of rotatable bonds is 8. The van der Waals surface area contributed by atoms with E-state index in [0.29, 0.717) is 0 Å². The van der Waals surface area contributed by atoms with Gasteiger partial charge in [0.1, 0.15) is 5.54 Å². The van der Waals surface area contributed by atoms with Crippen molar-refractivity contribution in [2.75, 3.05) is 13.7 Å². The van der Waals surface area contributed by atoms with Gasteiger partial charge in [-0.2, -0.15) is 8.78 Å². The van der Waals surface area contributed by atoms with Crippen LogP contribution in [0.15, 0.2) is 66.7 Å². The lowest BCUT2D eigenvalue weighted by Gasteiger charge is -2.26. The number of carboxylic acid groups (broad SMARTS) is 1. The van der Waals surface area contributed by atoms with Crippen LogP contribution in [-0.4, -0.2) is 36.2 Å². The van der Waals surface area contributed by atoms with Crippen LogP contribution in [0.4, 0.5) is 8.78 Å². The molecular formula is C26H22ClF2NO5. The van der Waals surface area contributed by atoms with Gasteiger partial charge < -0.3 is 19.9 Å². The number of benzene rings is 3. The number of nitrogens with one attached hydrogen (secondary N) is 1. The van der Waals surface area contributed by atoms with Crippen molar-refractivity contribution in [2.24, 2.45) is 0 Å². The predicted molar refractivity (Wildman–Crippen MR) is 126 cm³/mol. The molecule has 0 heterocycles. The van der Waals surface area contributed by atoms with Gasteiger partial charge in [-0.25, -0.2) is 4.79 Å². The van der Waals surface area contributed by atoms with Crippen LogP contribution < -0.4 is 14.8 Å². The summed E-state index contributed by atoms with van der Waals surface area (Å²) >= 11 is 5.82. The Hall–Kier alpha value is -3.65. The molecule has 0 saturated carbocycles. The molecule has 0 saturated heterocycles. The molecule has 1 aliphatic carbocycles. The number of fused-ring (bicyclic) bond motifs is 1.